The highest BCUT2D eigenvalue weighted by Gasteiger charge is 2.15. The third-order valence-corrected chi connectivity index (χ3v) is 5.01. The predicted molar refractivity (Wildman–Crippen MR) is 82.3 cm³/mol. The van der Waals surface area contributed by atoms with Crippen LogP contribution in [0.1, 0.15) is 24.2 Å². The van der Waals surface area contributed by atoms with E-state index in [0.717, 1.165) is 0 Å². The van der Waals surface area contributed by atoms with Gasteiger partial charge in [-0.25, -0.2) is 8.42 Å². The highest BCUT2D eigenvalue weighted by molar-refractivity contribution is 7.91. The second-order valence-electron chi connectivity index (χ2n) is 4.52. The van der Waals surface area contributed by atoms with Gasteiger partial charge in [0.25, 0.3) is 5.91 Å². The van der Waals surface area contributed by atoms with Gasteiger partial charge in [-0.1, -0.05) is 18.5 Å². The third-order valence-electron chi connectivity index (χ3n) is 2.79. The van der Waals surface area contributed by atoms with Gasteiger partial charge < -0.3 is 10.6 Å². The fourth-order valence-electron chi connectivity index (χ4n) is 1.75. The topological polar surface area (TPSA) is 75.3 Å². The molecule has 0 aliphatic rings. The Morgan fingerprint density at radius 3 is 2.60 bits per heavy atom. The van der Waals surface area contributed by atoms with Crippen molar-refractivity contribution in [1.29, 1.82) is 0 Å². The van der Waals surface area contributed by atoms with Crippen LogP contribution in [-0.4, -0.2) is 38.9 Å². The molecular weight excluding hydrogens is 300 g/mol. The number of halogens is 1. The van der Waals surface area contributed by atoms with Crippen molar-refractivity contribution < 1.29 is 13.2 Å². The summed E-state index contributed by atoms with van der Waals surface area (Å²) in [4.78, 5) is 11.6. The molecule has 5 nitrogen and oxygen atoms in total. The monoisotopic (exact) mass is 318 g/mol. The largest absolute Gasteiger partial charge is 0.382 e. The van der Waals surface area contributed by atoms with Gasteiger partial charge in [0.15, 0.2) is 9.84 Å². The molecule has 20 heavy (non-hydrogen) atoms. The zero-order valence-electron chi connectivity index (χ0n) is 11.7. The molecule has 0 aliphatic carbocycles. The van der Waals surface area contributed by atoms with E-state index in [-0.39, 0.29) is 23.5 Å². The number of anilines is 1. The first kappa shape index (κ1) is 16.8. The number of nitrogens with one attached hydrogen (secondary N) is 2. The van der Waals surface area contributed by atoms with Crippen molar-refractivity contribution in [3.05, 3.63) is 28.8 Å². The van der Waals surface area contributed by atoms with Crippen molar-refractivity contribution in [1.82, 2.24) is 5.32 Å². The highest BCUT2D eigenvalue weighted by atomic mass is 35.5. The normalized spacial score (nSPS) is 12.8. The Labute approximate surface area is 124 Å². The van der Waals surface area contributed by atoms with Crippen LogP contribution in [0.4, 0.5) is 5.69 Å². The second-order valence-corrected chi connectivity index (χ2v) is 7.32. The minimum atomic E-state index is -3.05. The van der Waals surface area contributed by atoms with Gasteiger partial charge >= 0.3 is 0 Å². The predicted octanol–water partition coefficient (Wildman–Crippen LogP) is 1.93. The van der Waals surface area contributed by atoms with E-state index in [4.69, 9.17) is 11.6 Å². The molecule has 0 bridgehead atoms. The van der Waals surface area contributed by atoms with E-state index in [9.17, 15) is 13.2 Å². The van der Waals surface area contributed by atoms with E-state index in [0.29, 0.717) is 16.3 Å². The van der Waals surface area contributed by atoms with Crippen LogP contribution in [0.25, 0.3) is 0 Å². The van der Waals surface area contributed by atoms with Crippen molar-refractivity contribution in [3.8, 4) is 0 Å². The lowest BCUT2D eigenvalue weighted by Gasteiger charge is -2.16. The smallest absolute Gasteiger partial charge is 0.252 e. The molecule has 1 aromatic rings. The Balaban J connectivity index is 2.86. The lowest BCUT2D eigenvalue weighted by molar-refractivity contribution is 0.0963. The number of hydrogen-bond donors (Lipinski definition) is 2. The SMILES string of the molecule is CCS(=O)(=O)CC(C)Nc1ccc(Cl)c(C(=O)NC)c1. The Kier molecular flexibility index (Phi) is 5.83. The molecule has 0 radical (unpaired) electrons. The molecule has 1 amide bonds. The van der Waals surface area contributed by atoms with Crippen LogP contribution >= 0.6 is 11.6 Å². The highest BCUT2D eigenvalue weighted by Crippen LogP contribution is 2.21. The average Bonchev–Trinajstić information content (AvgIpc) is 2.39. The quantitative estimate of drug-likeness (QED) is 0.840. The molecular formula is C13H19ClN2O3S. The zero-order chi connectivity index (χ0) is 15.3. The van der Waals surface area contributed by atoms with Crippen molar-refractivity contribution in [2.24, 2.45) is 0 Å². The molecule has 2 N–H and O–H groups in total. The van der Waals surface area contributed by atoms with Gasteiger partial charge in [-0.3, -0.25) is 4.79 Å². The first-order valence-electron chi connectivity index (χ1n) is 6.27. The van der Waals surface area contributed by atoms with Gasteiger partial charge in [-0.2, -0.15) is 0 Å². The molecule has 0 aromatic heterocycles. The molecule has 0 saturated heterocycles. The molecule has 1 atom stereocenters. The fraction of sp³-hybridized carbons (Fsp3) is 0.462. The van der Waals surface area contributed by atoms with E-state index in [1.54, 1.807) is 32.0 Å². The van der Waals surface area contributed by atoms with Crippen LogP contribution in [0.3, 0.4) is 0 Å². The molecule has 0 heterocycles. The number of carbonyl (C=O) groups is 1. The molecule has 7 heteroatoms. The minimum absolute atomic E-state index is 0.0431. The molecule has 1 aromatic carbocycles. The standard InChI is InChI=1S/C13H19ClN2O3S/c1-4-20(18,19)8-9(2)16-10-5-6-12(14)11(7-10)13(17)15-3/h5-7,9,16H,4,8H2,1-3H3,(H,15,17). The van der Waals surface area contributed by atoms with E-state index in [1.165, 1.54) is 7.05 Å². The lowest BCUT2D eigenvalue weighted by Crippen LogP contribution is -2.27. The fourth-order valence-corrected chi connectivity index (χ4v) is 3.03. The van der Waals surface area contributed by atoms with Crippen LogP contribution in [0.15, 0.2) is 18.2 Å². The molecule has 0 spiro atoms. The summed E-state index contributed by atoms with van der Waals surface area (Å²) >= 11 is 5.95. The number of sulfone groups is 1. The Morgan fingerprint density at radius 2 is 2.05 bits per heavy atom. The summed E-state index contributed by atoms with van der Waals surface area (Å²) in [5, 5.41) is 5.91. The van der Waals surface area contributed by atoms with Gasteiger partial charge in [-0.15, -0.1) is 0 Å². The number of rotatable bonds is 6. The maximum Gasteiger partial charge on any atom is 0.252 e. The average molecular weight is 319 g/mol. The van der Waals surface area contributed by atoms with Crippen molar-refractivity contribution in [2.75, 3.05) is 23.9 Å². The molecule has 1 rings (SSSR count). The summed E-state index contributed by atoms with van der Waals surface area (Å²) in [6.45, 7) is 3.40. The first-order valence-corrected chi connectivity index (χ1v) is 8.47. The van der Waals surface area contributed by atoms with Gasteiger partial charge in [-0.05, 0) is 25.1 Å². The van der Waals surface area contributed by atoms with Gasteiger partial charge in [0.05, 0.1) is 16.3 Å². The van der Waals surface area contributed by atoms with Gasteiger partial charge in [0.1, 0.15) is 0 Å². The van der Waals surface area contributed by atoms with Crippen LogP contribution in [0.5, 0.6) is 0 Å². The number of amides is 1. The van der Waals surface area contributed by atoms with Crippen molar-refractivity contribution >= 4 is 33.0 Å². The number of hydrogen-bond acceptors (Lipinski definition) is 4. The summed E-state index contributed by atoms with van der Waals surface area (Å²) in [5.41, 5.74) is 1.01. The summed E-state index contributed by atoms with van der Waals surface area (Å²) in [6, 6.07) is 4.67. The molecule has 0 aliphatic heterocycles. The molecule has 0 fully saturated rings. The Bertz CT molecular complexity index is 587. The zero-order valence-corrected chi connectivity index (χ0v) is 13.3. The molecule has 1 unspecified atom stereocenters. The molecule has 112 valence electrons. The van der Waals surface area contributed by atoms with Crippen LogP contribution in [-0.2, 0) is 9.84 Å². The van der Waals surface area contributed by atoms with E-state index < -0.39 is 9.84 Å². The summed E-state index contributed by atoms with van der Waals surface area (Å²) in [6.07, 6.45) is 0. The third kappa shape index (κ3) is 4.68. The van der Waals surface area contributed by atoms with Crippen LogP contribution in [0, 0.1) is 0 Å². The van der Waals surface area contributed by atoms with Crippen LogP contribution < -0.4 is 10.6 Å². The molecule has 0 saturated carbocycles. The van der Waals surface area contributed by atoms with E-state index in [1.807, 2.05) is 0 Å². The number of carbonyl (C=O) groups excluding carboxylic acids is 1. The number of benzene rings is 1. The summed E-state index contributed by atoms with van der Waals surface area (Å²) in [5.74, 6) is -0.127. The summed E-state index contributed by atoms with van der Waals surface area (Å²) in [7, 11) is -1.52. The maximum atomic E-state index is 11.6. The van der Waals surface area contributed by atoms with Gasteiger partial charge in [0.2, 0.25) is 0 Å². The van der Waals surface area contributed by atoms with Crippen molar-refractivity contribution in [3.63, 3.8) is 0 Å². The first-order chi connectivity index (χ1) is 9.29. The Morgan fingerprint density at radius 1 is 1.40 bits per heavy atom. The Hall–Kier alpha value is -1.27. The van der Waals surface area contributed by atoms with Gasteiger partial charge in [0, 0.05) is 24.5 Å². The van der Waals surface area contributed by atoms with Crippen molar-refractivity contribution in [2.45, 2.75) is 19.9 Å². The minimum Gasteiger partial charge on any atom is -0.382 e. The van der Waals surface area contributed by atoms with E-state index in [2.05, 4.69) is 10.6 Å². The van der Waals surface area contributed by atoms with E-state index >= 15 is 0 Å². The van der Waals surface area contributed by atoms with Crippen LogP contribution in [0.2, 0.25) is 5.02 Å². The second kappa shape index (κ2) is 6.95. The lowest BCUT2D eigenvalue weighted by atomic mass is 10.1. The maximum absolute atomic E-state index is 11.6. The summed E-state index contributed by atoms with van der Waals surface area (Å²) < 4.78 is 23.1.